The van der Waals surface area contributed by atoms with E-state index in [-0.39, 0.29) is 11.3 Å². The Kier molecular flexibility index (Phi) is 4.25. The molecule has 0 radical (unpaired) electrons. The van der Waals surface area contributed by atoms with Crippen LogP contribution in [0.3, 0.4) is 0 Å². The number of aryl methyl sites for hydroxylation is 1. The number of benzene rings is 1. The largest absolute Gasteiger partial charge is 0.465 e. The van der Waals surface area contributed by atoms with Gasteiger partial charge < -0.3 is 4.74 Å². The van der Waals surface area contributed by atoms with Gasteiger partial charge in [-0.05, 0) is 39.8 Å². The summed E-state index contributed by atoms with van der Waals surface area (Å²) in [6, 6.07) is 4.88. The number of ether oxygens (including phenoxy) is 1. The fourth-order valence-corrected chi connectivity index (χ4v) is 2.10. The van der Waals surface area contributed by atoms with Crippen molar-refractivity contribution in [2.45, 2.75) is 32.4 Å². The molecule has 0 atom stereocenters. The minimum Gasteiger partial charge on any atom is -0.465 e. The van der Waals surface area contributed by atoms with Crippen molar-refractivity contribution in [1.29, 1.82) is 0 Å². The van der Waals surface area contributed by atoms with E-state index in [4.69, 9.17) is 0 Å². The second-order valence-electron chi connectivity index (χ2n) is 5.26. The Balaban J connectivity index is 3.26. The summed E-state index contributed by atoms with van der Waals surface area (Å²) in [5, 5.41) is 0. The van der Waals surface area contributed by atoms with Crippen molar-refractivity contribution >= 4 is 21.7 Å². The van der Waals surface area contributed by atoms with Crippen molar-refractivity contribution in [3.8, 4) is 0 Å². The molecule has 0 aliphatic carbocycles. The summed E-state index contributed by atoms with van der Waals surface area (Å²) in [6.45, 7) is 6.57. The fourth-order valence-electron chi connectivity index (χ4n) is 1.32. The molecule has 1 aromatic carbocycles. The molecule has 1 aromatic rings. The van der Waals surface area contributed by atoms with Crippen LogP contribution < -0.4 is 4.72 Å². The molecule has 5 nitrogen and oxygen atoms in total. The van der Waals surface area contributed by atoms with Crippen LogP contribution in [0.2, 0.25) is 0 Å². The number of hydrogen-bond donors (Lipinski definition) is 1. The summed E-state index contributed by atoms with van der Waals surface area (Å²) < 4.78 is 30.3. The number of nitrogens with one attached hydrogen (secondary N) is 1. The number of rotatable bonds is 3. The van der Waals surface area contributed by atoms with E-state index in [9.17, 15) is 13.2 Å². The van der Waals surface area contributed by atoms with E-state index >= 15 is 0 Å². The summed E-state index contributed by atoms with van der Waals surface area (Å²) in [4.78, 5) is 11.7. The number of hydrogen-bond acceptors (Lipinski definition) is 4. The number of carbonyl (C=O) groups excluding carboxylic acids is 1. The van der Waals surface area contributed by atoms with Crippen molar-refractivity contribution in [3.63, 3.8) is 0 Å². The third kappa shape index (κ3) is 3.47. The summed E-state index contributed by atoms with van der Waals surface area (Å²) in [5.74, 6) is -0.574. The Hall–Kier alpha value is -1.56. The van der Waals surface area contributed by atoms with Crippen LogP contribution in [-0.4, -0.2) is 26.2 Å². The standard InChI is InChI=1S/C13H19NO4S/c1-9-6-7-11(10(8-9)12(15)18-5)14-19(16,17)13(2,3)4/h6-8,14H,1-5H3. The van der Waals surface area contributed by atoms with Crippen molar-refractivity contribution < 1.29 is 17.9 Å². The van der Waals surface area contributed by atoms with Crippen LogP contribution in [0.25, 0.3) is 0 Å². The zero-order valence-corrected chi connectivity index (χ0v) is 12.6. The number of sulfonamides is 1. The maximum Gasteiger partial charge on any atom is 0.340 e. The first kappa shape index (κ1) is 15.5. The Bertz CT molecular complexity index is 585. The van der Waals surface area contributed by atoms with Crippen LogP contribution in [0.4, 0.5) is 5.69 Å². The molecule has 0 aromatic heterocycles. The van der Waals surface area contributed by atoms with E-state index in [0.717, 1.165) is 5.56 Å². The Morgan fingerprint density at radius 2 is 1.84 bits per heavy atom. The van der Waals surface area contributed by atoms with Crippen molar-refractivity contribution in [2.24, 2.45) is 0 Å². The number of carbonyl (C=O) groups is 1. The maximum absolute atomic E-state index is 12.1. The first-order valence-corrected chi connectivity index (χ1v) is 7.28. The van der Waals surface area contributed by atoms with Gasteiger partial charge in [-0.25, -0.2) is 13.2 Å². The molecule has 106 valence electrons. The van der Waals surface area contributed by atoms with Crippen LogP contribution in [0.5, 0.6) is 0 Å². The summed E-state index contributed by atoms with van der Waals surface area (Å²) >= 11 is 0. The molecule has 19 heavy (non-hydrogen) atoms. The predicted molar refractivity (Wildman–Crippen MR) is 74.8 cm³/mol. The van der Waals surface area contributed by atoms with Crippen LogP contribution >= 0.6 is 0 Å². The van der Waals surface area contributed by atoms with Crippen molar-refractivity contribution in [3.05, 3.63) is 29.3 Å². The van der Waals surface area contributed by atoms with Crippen LogP contribution in [0, 0.1) is 6.92 Å². The molecule has 0 saturated heterocycles. The van der Waals surface area contributed by atoms with E-state index in [0.29, 0.717) is 0 Å². The molecule has 1 N–H and O–H groups in total. The summed E-state index contributed by atoms with van der Waals surface area (Å²) in [7, 11) is -2.33. The first-order valence-electron chi connectivity index (χ1n) is 5.80. The van der Waals surface area contributed by atoms with Gasteiger partial charge in [0.05, 0.1) is 23.1 Å². The van der Waals surface area contributed by atoms with E-state index in [2.05, 4.69) is 9.46 Å². The van der Waals surface area contributed by atoms with E-state index in [1.165, 1.54) is 7.11 Å². The molecule has 0 fully saturated rings. The average molecular weight is 285 g/mol. The van der Waals surface area contributed by atoms with Gasteiger partial charge in [-0.1, -0.05) is 11.6 Å². The summed E-state index contributed by atoms with van der Waals surface area (Å²) in [6.07, 6.45) is 0. The molecule has 0 spiro atoms. The summed E-state index contributed by atoms with van der Waals surface area (Å²) in [5.41, 5.74) is 1.28. The Morgan fingerprint density at radius 3 is 2.32 bits per heavy atom. The monoisotopic (exact) mass is 285 g/mol. The molecular weight excluding hydrogens is 266 g/mol. The zero-order valence-electron chi connectivity index (χ0n) is 11.8. The molecule has 0 bridgehead atoms. The third-order valence-electron chi connectivity index (χ3n) is 2.63. The second kappa shape index (κ2) is 5.21. The van der Waals surface area contributed by atoms with Gasteiger partial charge in [0.25, 0.3) is 0 Å². The smallest absolute Gasteiger partial charge is 0.340 e. The van der Waals surface area contributed by atoms with Gasteiger partial charge in [0, 0.05) is 0 Å². The topological polar surface area (TPSA) is 72.5 Å². The SMILES string of the molecule is COC(=O)c1cc(C)ccc1NS(=O)(=O)C(C)(C)C. The zero-order chi connectivity index (χ0) is 14.8. The first-order chi connectivity index (χ1) is 8.58. The van der Waals surface area contributed by atoms with Gasteiger partial charge in [-0.15, -0.1) is 0 Å². The molecule has 1 rings (SSSR count). The van der Waals surface area contributed by atoms with Gasteiger partial charge >= 0.3 is 5.97 Å². The molecular formula is C13H19NO4S. The Morgan fingerprint density at radius 1 is 1.26 bits per heavy atom. The lowest BCUT2D eigenvalue weighted by molar-refractivity contribution is 0.0602. The minimum atomic E-state index is -3.59. The molecule has 0 aliphatic heterocycles. The maximum atomic E-state index is 12.1. The molecule has 6 heteroatoms. The lowest BCUT2D eigenvalue weighted by Gasteiger charge is -2.21. The van der Waals surface area contributed by atoms with Crippen LogP contribution in [0.15, 0.2) is 18.2 Å². The lowest BCUT2D eigenvalue weighted by atomic mass is 10.1. The number of esters is 1. The quantitative estimate of drug-likeness (QED) is 0.865. The molecule has 0 saturated carbocycles. The van der Waals surface area contributed by atoms with Crippen LogP contribution in [0.1, 0.15) is 36.7 Å². The molecule has 0 unspecified atom stereocenters. The van der Waals surface area contributed by atoms with Gasteiger partial charge in [-0.3, -0.25) is 4.72 Å². The normalized spacial score (nSPS) is 12.1. The third-order valence-corrected chi connectivity index (χ3v) is 4.73. The van der Waals surface area contributed by atoms with E-state index in [1.807, 2.05) is 6.92 Å². The lowest BCUT2D eigenvalue weighted by Crippen LogP contribution is -2.34. The highest BCUT2D eigenvalue weighted by atomic mass is 32.2. The average Bonchev–Trinajstić information content (AvgIpc) is 2.28. The number of anilines is 1. The van der Waals surface area contributed by atoms with Crippen molar-refractivity contribution in [2.75, 3.05) is 11.8 Å². The van der Waals surface area contributed by atoms with Gasteiger partial charge in [-0.2, -0.15) is 0 Å². The minimum absolute atomic E-state index is 0.204. The molecule has 0 heterocycles. The molecule has 0 aliphatic rings. The van der Waals surface area contributed by atoms with Crippen molar-refractivity contribution in [1.82, 2.24) is 0 Å². The van der Waals surface area contributed by atoms with E-state index < -0.39 is 20.7 Å². The fraction of sp³-hybridized carbons (Fsp3) is 0.462. The van der Waals surface area contributed by atoms with Gasteiger partial charge in [0.1, 0.15) is 0 Å². The molecule has 0 amide bonds. The highest BCUT2D eigenvalue weighted by Gasteiger charge is 2.30. The second-order valence-corrected chi connectivity index (χ2v) is 7.69. The number of methoxy groups -OCH3 is 1. The predicted octanol–water partition coefficient (Wildman–Crippen LogP) is 2.32. The van der Waals surface area contributed by atoms with Crippen LogP contribution in [-0.2, 0) is 14.8 Å². The highest BCUT2D eigenvalue weighted by Crippen LogP contribution is 2.24. The highest BCUT2D eigenvalue weighted by molar-refractivity contribution is 7.94. The van der Waals surface area contributed by atoms with E-state index in [1.54, 1.807) is 39.0 Å². The Labute approximate surface area is 114 Å². The van der Waals surface area contributed by atoms with Gasteiger partial charge in [0.15, 0.2) is 0 Å². The van der Waals surface area contributed by atoms with Gasteiger partial charge in [0.2, 0.25) is 10.0 Å².